The minimum atomic E-state index is 0.701. The van der Waals surface area contributed by atoms with Crippen molar-refractivity contribution in [2.24, 2.45) is 0 Å². The van der Waals surface area contributed by atoms with E-state index in [1.807, 2.05) is 12.1 Å². The van der Waals surface area contributed by atoms with Crippen LogP contribution in [-0.4, -0.2) is 0 Å². The third-order valence-corrected chi connectivity index (χ3v) is 3.37. The summed E-state index contributed by atoms with van der Waals surface area (Å²) in [7, 11) is 0. The molecule has 0 aliphatic rings. The fourth-order valence-corrected chi connectivity index (χ4v) is 1.33. The molecule has 10 heavy (non-hydrogen) atoms. The fourth-order valence-electron chi connectivity index (χ4n) is 0.566. The van der Waals surface area contributed by atoms with Crippen LogP contribution in [-0.2, 0) is 0 Å². The molecular weight excluding hydrogens is 305 g/mol. The molecule has 1 rings (SSSR count). The van der Waals surface area contributed by atoms with Crippen LogP contribution in [0.2, 0.25) is 0 Å². The zero-order valence-corrected chi connectivity index (χ0v) is 8.68. The van der Waals surface area contributed by atoms with E-state index in [-0.39, 0.29) is 0 Å². The molecule has 0 aliphatic heterocycles. The molecule has 1 aromatic carbocycles. The summed E-state index contributed by atoms with van der Waals surface area (Å²) in [5, 5.41) is 8.48. The maximum Gasteiger partial charge on any atom is 0.0991 e. The van der Waals surface area contributed by atoms with E-state index < -0.39 is 0 Å². The molecule has 1 aromatic rings. The molecule has 0 bridgehead atoms. The van der Waals surface area contributed by atoms with Crippen molar-refractivity contribution in [2.45, 2.75) is 0 Å². The van der Waals surface area contributed by atoms with Crippen LogP contribution in [0.15, 0.2) is 22.7 Å². The average molecular weight is 308 g/mol. The Kier molecular flexibility index (Phi) is 2.69. The normalized spacial score (nSPS) is 8.90. The van der Waals surface area contributed by atoms with Gasteiger partial charge in [0.15, 0.2) is 0 Å². The van der Waals surface area contributed by atoms with Gasteiger partial charge in [0, 0.05) is 8.04 Å². The minimum Gasteiger partial charge on any atom is -0.192 e. The molecule has 0 saturated heterocycles. The van der Waals surface area contributed by atoms with E-state index >= 15 is 0 Å². The second kappa shape index (κ2) is 3.35. The molecule has 0 amide bonds. The highest BCUT2D eigenvalue weighted by Gasteiger charge is 1.95. The largest absolute Gasteiger partial charge is 0.192 e. The third kappa shape index (κ3) is 1.70. The molecule has 1 nitrogen and oxygen atoms in total. The fraction of sp³-hybridized carbons (Fsp3) is 0. The van der Waals surface area contributed by atoms with Crippen molar-refractivity contribution in [3.05, 3.63) is 31.8 Å². The molecular formula is C7H3BrIN. The Morgan fingerprint density at radius 2 is 2.20 bits per heavy atom. The third-order valence-electron chi connectivity index (χ3n) is 1.05. The lowest BCUT2D eigenvalue weighted by molar-refractivity contribution is 1.46. The van der Waals surface area contributed by atoms with Crippen LogP contribution in [0.5, 0.6) is 0 Å². The number of hydrogen-bond acceptors (Lipinski definition) is 1. The van der Waals surface area contributed by atoms with E-state index in [0.29, 0.717) is 5.56 Å². The molecule has 0 saturated carbocycles. The molecule has 0 spiro atoms. The summed E-state index contributed by atoms with van der Waals surface area (Å²) in [6.45, 7) is 0. The van der Waals surface area contributed by atoms with Gasteiger partial charge in [0.05, 0.1) is 11.6 Å². The summed E-state index contributed by atoms with van der Waals surface area (Å²) in [5.74, 6) is 0. The van der Waals surface area contributed by atoms with Gasteiger partial charge < -0.3 is 0 Å². The van der Waals surface area contributed by atoms with E-state index in [1.54, 1.807) is 6.07 Å². The van der Waals surface area contributed by atoms with E-state index in [9.17, 15) is 0 Å². The van der Waals surface area contributed by atoms with Crippen LogP contribution in [0.3, 0.4) is 0 Å². The molecule has 0 unspecified atom stereocenters. The van der Waals surface area contributed by atoms with E-state index in [2.05, 4.69) is 44.6 Å². The minimum absolute atomic E-state index is 0.701. The number of benzene rings is 1. The predicted molar refractivity (Wildman–Crippen MR) is 51.6 cm³/mol. The van der Waals surface area contributed by atoms with Gasteiger partial charge in [0.25, 0.3) is 0 Å². The predicted octanol–water partition coefficient (Wildman–Crippen LogP) is 2.93. The van der Waals surface area contributed by atoms with Crippen LogP contribution < -0.4 is 0 Å². The highest BCUT2D eigenvalue weighted by atomic mass is 127. The summed E-state index contributed by atoms with van der Waals surface area (Å²) in [6, 6.07) is 7.57. The van der Waals surface area contributed by atoms with Gasteiger partial charge in [-0.25, -0.2) is 0 Å². The SMILES string of the molecule is N#Cc1ccc(Br)c(I)c1. The Bertz CT molecular complexity index is 290. The molecule has 0 aliphatic carbocycles. The highest BCUT2D eigenvalue weighted by Crippen LogP contribution is 2.19. The van der Waals surface area contributed by atoms with Crippen molar-refractivity contribution < 1.29 is 0 Å². The topological polar surface area (TPSA) is 23.8 Å². The van der Waals surface area contributed by atoms with Crippen LogP contribution in [0.25, 0.3) is 0 Å². The smallest absolute Gasteiger partial charge is 0.0991 e. The Morgan fingerprint density at radius 1 is 1.50 bits per heavy atom. The molecule has 0 heterocycles. The first kappa shape index (κ1) is 8.02. The van der Waals surface area contributed by atoms with Gasteiger partial charge >= 0.3 is 0 Å². The summed E-state index contributed by atoms with van der Waals surface area (Å²) >= 11 is 5.52. The lowest BCUT2D eigenvalue weighted by Gasteiger charge is -1.93. The second-order valence-corrected chi connectivity index (χ2v) is 3.76. The second-order valence-electron chi connectivity index (χ2n) is 1.74. The number of nitriles is 1. The highest BCUT2D eigenvalue weighted by molar-refractivity contribution is 14.1. The lowest BCUT2D eigenvalue weighted by Crippen LogP contribution is -1.77. The zero-order valence-electron chi connectivity index (χ0n) is 4.94. The number of halogens is 2. The Morgan fingerprint density at radius 3 is 2.70 bits per heavy atom. The van der Waals surface area contributed by atoms with Crippen molar-refractivity contribution in [3.63, 3.8) is 0 Å². The quantitative estimate of drug-likeness (QED) is 0.676. The summed E-state index contributed by atoms with van der Waals surface area (Å²) in [4.78, 5) is 0. The maximum atomic E-state index is 8.48. The molecule has 0 aromatic heterocycles. The van der Waals surface area contributed by atoms with Crippen LogP contribution in [0.1, 0.15) is 5.56 Å². The Balaban J connectivity index is 3.20. The molecule has 0 N–H and O–H groups in total. The Labute approximate surface area is 81.3 Å². The molecule has 50 valence electrons. The van der Waals surface area contributed by atoms with Crippen LogP contribution in [0.4, 0.5) is 0 Å². The van der Waals surface area contributed by atoms with Gasteiger partial charge in [-0.05, 0) is 56.7 Å². The van der Waals surface area contributed by atoms with E-state index in [0.717, 1.165) is 8.04 Å². The van der Waals surface area contributed by atoms with Crippen molar-refractivity contribution in [3.8, 4) is 6.07 Å². The summed E-state index contributed by atoms with van der Waals surface area (Å²) in [6.07, 6.45) is 0. The zero-order chi connectivity index (χ0) is 7.56. The molecule has 0 radical (unpaired) electrons. The standard InChI is InChI=1S/C7H3BrIN/c8-6-2-1-5(4-10)3-7(6)9/h1-3H. The van der Waals surface area contributed by atoms with Gasteiger partial charge in [-0.15, -0.1) is 0 Å². The first-order valence-corrected chi connectivity index (χ1v) is 4.46. The van der Waals surface area contributed by atoms with Crippen molar-refractivity contribution in [2.75, 3.05) is 0 Å². The first-order chi connectivity index (χ1) is 4.74. The van der Waals surface area contributed by atoms with E-state index in [4.69, 9.17) is 5.26 Å². The van der Waals surface area contributed by atoms with Gasteiger partial charge in [-0.2, -0.15) is 5.26 Å². The van der Waals surface area contributed by atoms with Crippen molar-refractivity contribution in [1.29, 1.82) is 5.26 Å². The van der Waals surface area contributed by atoms with E-state index in [1.165, 1.54) is 0 Å². The van der Waals surface area contributed by atoms with Gasteiger partial charge in [-0.3, -0.25) is 0 Å². The summed E-state index contributed by atoms with van der Waals surface area (Å²) < 4.78 is 2.10. The van der Waals surface area contributed by atoms with Crippen LogP contribution >= 0.6 is 38.5 Å². The number of nitrogens with zero attached hydrogens (tertiary/aromatic N) is 1. The van der Waals surface area contributed by atoms with Gasteiger partial charge in [0.1, 0.15) is 0 Å². The average Bonchev–Trinajstić information content (AvgIpc) is 1.95. The monoisotopic (exact) mass is 307 g/mol. The molecule has 0 atom stereocenters. The lowest BCUT2D eigenvalue weighted by atomic mass is 10.2. The summed E-state index contributed by atoms with van der Waals surface area (Å²) in [5.41, 5.74) is 0.701. The molecule has 3 heteroatoms. The van der Waals surface area contributed by atoms with Crippen molar-refractivity contribution >= 4 is 38.5 Å². The van der Waals surface area contributed by atoms with Gasteiger partial charge in [-0.1, -0.05) is 0 Å². The Hall–Kier alpha value is -0.0800. The number of rotatable bonds is 0. The maximum absolute atomic E-state index is 8.48. The number of hydrogen-bond donors (Lipinski definition) is 0. The first-order valence-electron chi connectivity index (χ1n) is 2.59. The van der Waals surface area contributed by atoms with Crippen molar-refractivity contribution in [1.82, 2.24) is 0 Å². The molecule has 0 fully saturated rings. The van der Waals surface area contributed by atoms with Gasteiger partial charge in [0.2, 0.25) is 0 Å². The van der Waals surface area contributed by atoms with Crippen LogP contribution in [0, 0.1) is 14.9 Å².